The van der Waals surface area contributed by atoms with Gasteiger partial charge in [-0.15, -0.1) is 29.8 Å². The van der Waals surface area contributed by atoms with E-state index in [1.165, 1.54) is 50.2 Å². The Hall–Kier alpha value is -3.07. The Morgan fingerprint density at radius 3 is 2.20 bits per heavy atom. The summed E-state index contributed by atoms with van der Waals surface area (Å²) in [5.41, 5.74) is 10.1. The molecular weight excluding hydrogens is 719 g/mol. The number of carbonyl (C=O) groups excluding carboxylic acids is 1. The van der Waals surface area contributed by atoms with Gasteiger partial charge in [0.05, 0.1) is 5.76 Å². The van der Waals surface area contributed by atoms with E-state index in [0.29, 0.717) is 30.6 Å². The second-order valence-electron chi connectivity index (χ2n) is 14.3. The van der Waals surface area contributed by atoms with Crippen LogP contribution in [0.25, 0.3) is 44.3 Å². The number of aliphatic hydroxyl groups is 1. The standard InChI is InChI=1S/C29H28N.C11H20O2.Ir/c1-18(2)14-19-10-11-23-25(15-19)22-8-6-7-9-24(22)28-27-20(12-13-30-28)16-21(17-26(23)27)29(3,4)5;1-8(2)5-10(12)7-11(13)6-9(3)4;/h6-8,10-13,15-18H,14H2,1-5H3;7-9,12H,5-6H2,1-4H3;/q-1;;/b;10-7-;. The van der Waals surface area contributed by atoms with Gasteiger partial charge in [-0.25, -0.2) is 0 Å². The van der Waals surface area contributed by atoms with Crippen molar-refractivity contribution in [1.29, 1.82) is 0 Å². The maximum absolute atomic E-state index is 11.2. The molecule has 1 radical (unpaired) electrons. The van der Waals surface area contributed by atoms with Gasteiger partial charge < -0.3 is 10.1 Å². The molecule has 1 heterocycles. The molecule has 1 aliphatic carbocycles. The third kappa shape index (κ3) is 8.55. The molecule has 0 atom stereocenters. The van der Waals surface area contributed by atoms with E-state index in [0.717, 1.165) is 17.7 Å². The van der Waals surface area contributed by atoms with E-state index in [1.807, 2.05) is 40.0 Å². The van der Waals surface area contributed by atoms with Crippen LogP contribution in [0, 0.1) is 23.8 Å². The molecule has 0 saturated carbocycles. The van der Waals surface area contributed by atoms with Crippen LogP contribution in [0.15, 0.2) is 72.6 Å². The second-order valence-corrected chi connectivity index (χ2v) is 14.3. The third-order valence-electron chi connectivity index (χ3n) is 7.69. The first kappa shape index (κ1) is 35.4. The van der Waals surface area contributed by atoms with E-state index in [1.54, 1.807) is 0 Å². The zero-order valence-corrected chi connectivity index (χ0v) is 30.2. The van der Waals surface area contributed by atoms with Gasteiger partial charge in [-0.1, -0.05) is 104 Å². The minimum absolute atomic E-state index is 0. The fraction of sp³-hybridized carbons (Fsp3) is 0.400. The number of aromatic nitrogens is 1. The van der Waals surface area contributed by atoms with Gasteiger partial charge in [-0.05, 0) is 74.4 Å². The second kappa shape index (κ2) is 14.8. The Labute approximate surface area is 278 Å². The Morgan fingerprint density at radius 1 is 0.864 bits per heavy atom. The third-order valence-corrected chi connectivity index (χ3v) is 7.69. The molecule has 0 aliphatic heterocycles. The molecule has 44 heavy (non-hydrogen) atoms. The smallest absolute Gasteiger partial charge is 0.159 e. The van der Waals surface area contributed by atoms with Crippen molar-refractivity contribution in [1.82, 2.24) is 4.98 Å². The zero-order valence-electron chi connectivity index (χ0n) is 27.8. The monoisotopic (exact) mass is 767 g/mol. The molecule has 0 amide bonds. The van der Waals surface area contributed by atoms with Crippen molar-refractivity contribution in [3.05, 3.63) is 89.8 Å². The van der Waals surface area contributed by atoms with Crippen LogP contribution in [-0.2, 0) is 36.7 Å². The number of fused-ring (bicyclic) bond motifs is 5. The van der Waals surface area contributed by atoms with Gasteiger partial charge in [0.1, 0.15) is 0 Å². The number of allylic oxidation sites excluding steroid dienone is 2. The van der Waals surface area contributed by atoms with Crippen LogP contribution in [0.2, 0.25) is 0 Å². The number of hydrogen-bond donors (Lipinski definition) is 1. The molecule has 3 nitrogen and oxygen atoms in total. The first-order valence-electron chi connectivity index (χ1n) is 15.7. The maximum Gasteiger partial charge on any atom is 0.159 e. The minimum atomic E-state index is 0. The summed E-state index contributed by atoms with van der Waals surface area (Å²) in [4.78, 5) is 16.1. The van der Waals surface area contributed by atoms with E-state index in [9.17, 15) is 9.90 Å². The molecule has 3 aromatic carbocycles. The van der Waals surface area contributed by atoms with Crippen molar-refractivity contribution in [3.63, 3.8) is 0 Å². The number of carbonyl (C=O) groups is 1. The van der Waals surface area contributed by atoms with Crippen LogP contribution in [0.4, 0.5) is 0 Å². The maximum atomic E-state index is 11.2. The number of aliphatic hydroxyl groups excluding tert-OH is 1. The number of ketones is 1. The summed E-state index contributed by atoms with van der Waals surface area (Å²) < 4.78 is 0. The molecule has 1 aromatic heterocycles. The van der Waals surface area contributed by atoms with E-state index in [2.05, 4.69) is 89.2 Å². The predicted octanol–water partition coefficient (Wildman–Crippen LogP) is 10.9. The normalized spacial score (nSPS) is 12.3. The first-order valence-corrected chi connectivity index (χ1v) is 15.7. The molecule has 5 rings (SSSR count). The van der Waals surface area contributed by atoms with Crippen LogP contribution in [0.5, 0.6) is 0 Å². The molecule has 0 saturated heterocycles. The van der Waals surface area contributed by atoms with E-state index >= 15 is 0 Å². The van der Waals surface area contributed by atoms with E-state index < -0.39 is 0 Å². The van der Waals surface area contributed by atoms with Gasteiger partial charge >= 0.3 is 0 Å². The quantitative estimate of drug-likeness (QED) is 0.102. The molecular formula is C40H48IrNO2-. The van der Waals surface area contributed by atoms with Crippen molar-refractivity contribution < 1.29 is 30.0 Å². The van der Waals surface area contributed by atoms with Gasteiger partial charge in [0, 0.05) is 45.2 Å². The average Bonchev–Trinajstić information content (AvgIpc) is 3.01. The molecule has 235 valence electrons. The van der Waals surface area contributed by atoms with E-state index in [-0.39, 0.29) is 37.1 Å². The first-order chi connectivity index (χ1) is 20.2. The van der Waals surface area contributed by atoms with Gasteiger partial charge in [-0.3, -0.25) is 4.79 Å². The fourth-order valence-corrected chi connectivity index (χ4v) is 5.78. The van der Waals surface area contributed by atoms with Crippen molar-refractivity contribution in [2.24, 2.45) is 17.8 Å². The topological polar surface area (TPSA) is 50.2 Å². The Kier molecular flexibility index (Phi) is 11.9. The number of nitrogens with zero attached hydrogens (tertiary/aromatic N) is 1. The van der Waals surface area contributed by atoms with Gasteiger partial charge in [-0.2, -0.15) is 0 Å². The fourth-order valence-electron chi connectivity index (χ4n) is 5.78. The van der Waals surface area contributed by atoms with Crippen LogP contribution < -0.4 is 0 Å². The predicted molar refractivity (Wildman–Crippen MR) is 182 cm³/mol. The van der Waals surface area contributed by atoms with Crippen LogP contribution in [-0.4, -0.2) is 15.9 Å². The summed E-state index contributed by atoms with van der Waals surface area (Å²) in [7, 11) is 0. The molecule has 4 aromatic rings. The number of benzene rings is 3. The summed E-state index contributed by atoms with van der Waals surface area (Å²) in [6.45, 7) is 19.4. The number of rotatable bonds is 7. The average molecular weight is 767 g/mol. The van der Waals surface area contributed by atoms with Gasteiger partial charge in [0.25, 0.3) is 0 Å². The summed E-state index contributed by atoms with van der Waals surface area (Å²) in [5, 5.41) is 11.8. The van der Waals surface area contributed by atoms with Crippen LogP contribution >= 0.6 is 0 Å². The zero-order chi connectivity index (χ0) is 31.5. The molecule has 4 heteroatoms. The SMILES string of the molecule is CC(C)CC(=O)/C=C(\O)CC(C)C.CC(C)Cc1ccc2c(c1)-c1ccc[c-]c1-c1nccc3cc(C(C)(C)C)cc-2c13.[Ir]. The molecule has 0 spiro atoms. The summed E-state index contributed by atoms with van der Waals surface area (Å²) >= 11 is 0. The van der Waals surface area contributed by atoms with Crippen molar-refractivity contribution in [2.75, 3.05) is 0 Å². The van der Waals surface area contributed by atoms with Gasteiger partial charge in [0.15, 0.2) is 5.78 Å². The number of pyridine rings is 1. The molecule has 1 aliphatic rings. The molecule has 1 N–H and O–H groups in total. The van der Waals surface area contributed by atoms with Gasteiger partial charge in [0.2, 0.25) is 0 Å². The van der Waals surface area contributed by atoms with Crippen molar-refractivity contribution in [2.45, 2.75) is 87.0 Å². The number of hydrogen-bond acceptors (Lipinski definition) is 3. The summed E-state index contributed by atoms with van der Waals surface area (Å²) in [5.74, 6) is 1.61. The Balaban J connectivity index is 0.000000324. The van der Waals surface area contributed by atoms with E-state index in [4.69, 9.17) is 4.98 Å². The molecule has 0 bridgehead atoms. The summed E-state index contributed by atoms with van der Waals surface area (Å²) in [6.07, 6.45) is 5.49. The van der Waals surface area contributed by atoms with Crippen molar-refractivity contribution >= 4 is 16.6 Å². The molecule has 0 fully saturated rings. The largest absolute Gasteiger partial charge is 0.512 e. The minimum Gasteiger partial charge on any atom is -0.512 e. The summed E-state index contributed by atoms with van der Waals surface area (Å²) in [6, 6.07) is 23.7. The Morgan fingerprint density at radius 2 is 1.57 bits per heavy atom. The molecule has 0 unspecified atom stereocenters. The Bertz CT molecular complexity index is 1640. The van der Waals surface area contributed by atoms with Crippen LogP contribution in [0.3, 0.4) is 0 Å². The van der Waals surface area contributed by atoms with Crippen LogP contribution in [0.1, 0.15) is 86.3 Å². The van der Waals surface area contributed by atoms with Crippen molar-refractivity contribution in [3.8, 4) is 33.5 Å².